The Morgan fingerprint density at radius 2 is 2.05 bits per heavy atom. The van der Waals surface area contributed by atoms with Crippen molar-refractivity contribution in [2.75, 3.05) is 11.6 Å². The van der Waals surface area contributed by atoms with Gasteiger partial charge in [0.05, 0.1) is 17.2 Å². The van der Waals surface area contributed by atoms with Crippen molar-refractivity contribution in [3.63, 3.8) is 0 Å². The Labute approximate surface area is 131 Å². The number of anilines is 2. The maximum absolute atomic E-state index is 4.37. The fraction of sp³-hybridized carbons (Fsp3) is 0.0625. The molecule has 2 aromatic heterocycles. The second kappa shape index (κ2) is 5.31. The summed E-state index contributed by atoms with van der Waals surface area (Å²) in [5.74, 6) is 0.806. The third-order valence-corrected chi connectivity index (χ3v) is 4.27. The minimum atomic E-state index is 0.806. The first-order chi connectivity index (χ1) is 10.8. The van der Waals surface area contributed by atoms with E-state index in [1.165, 1.54) is 4.90 Å². The molecule has 0 amide bonds. The van der Waals surface area contributed by atoms with E-state index < -0.39 is 0 Å². The molecule has 2 N–H and O–H groups in total. The summed E-state index contributed by atoms with van der Waals surface area (Å²) < 4.78 is 0. The second-order valence-corrected chi connectivity index (χ2v) is 5.78. The monoisotopic (exact) mass is 307 g/mol. The van der Waals surface area contributed by atoms with E-state index in [2.05, 4.69) is 49.9 Å². The average Bonchev–Trinajstić information content (AvgIpc) is 3.02. The molecule has 6 heteroatoms. The van der Waals surface area contributed by atoms with Crippen LogP contribution in [0, 0.1) is 0 Å². The van der Waals surface area contributed by atoms with E-state index in [1.54, 1.807) is 18.1 Å². The second-order valence-electron chi connectivity index (χ2n) is 4.90. The Hall–Kier alpha value is -2.60. The van der Waals surface area contributed by atoms with Gasteiger partial charge in [-0.2, -0.15) is 5.10 Å². The van der Waals surface area contributed by atoms with Crippen LogP contribution >= 0.6 is 11.8 Å². The first-order valence-corrected chi connectivity index (χ1v) is 8.05. The van der Waals surface area contributed by atoms with Crippen LogP contribution in [0.5, 0.6) is 0 Å². The predicted octanol–water partition coefficient (Wildman–Crippen LogP) is 3.97. The van der Waals surface area contributed by atoms with E-state index in [4.69, 9.17) is 0 Å². The summed E-state index contributed by atoms with van der Waals surface area (Å²) in [6.45, 7) is 0. The summed E-state index contributed by atoms with van der Waals surface area (Å²) in [5, 5.41) is 12.4. The average molecular weight is 307 g/mol. The van der Waals surface area contributed by atoms with Crippen LogP contribution < -0.4 is 5.32 Å². The number of rotatable bonds is 3. The Balaban J connectivity index is 1.76. The van der Waals surface area contributed by atoms with Crippen LogP contribution in [0.3, 0.4) is 0 Å². The van der Waals surface area contributed by atoms with Gasteiger partial charge in [-0.1, -0.05) is 0 Å². The van der Waals surface area contributed by atoms with Crippen LogP contribution in [0.1, 0.15) is 0 Å². The van der Waals surface area contributed by atoms with Gasteiger partial charge in [0.25, 0.3) is 0 Å². The van der Waals surface area contributed by atoms with Crippen LogP contribution in [0.4, 0.5) is 11.5 Å². The molecule has 0 saturated carbocycles. The number of hydrogen-bond donors (Lipinski definition) is 2. The fourth-order valence-corrected chi connectivity index (χ4v) is 2.85. The normalized spacial score (nSPS) is 11.1. The fourth-order valence-electron chi connectivity index (χ4n) is 2.42. The highest BCUT2D eigenvalue weighted by atomic mass is 32.2. The zero-order chi connectivity index (χ0) is 14.9. The number of thioether (sulfide) groups is 1. The van der Waals surface area contributed by atoms with Crippen molar-refractivity contribution < 1.29 is 0 Å². The number of nitrogens with one attached hydrogen (secondary N) is 2. The number of benzene rings is 2. The van der Waals surface area contributed by atoms with Gasteiger partial charge < -0.3 is 5.32 Å². The smallest absolute Gasteiger partial charge is 0.141 e. The van der Waals surface area contributed by atoms with Crippen LogP contribution in [0.15, 0.2) is 53.8 Å². The Kier molecular flexibility index (Phi) is 3.16. The molecule has 0 atom stereocenters. The van der Waals surface area contributed by atoms with E-state index in [-0.39, 0.29) is 0 Å². The Morgan fingerprint density at radius 3 is 2.95 bits per heavy atom. The number of nitrogens with zero attached hydrogens (tertiary/aromatic N) is 3. The van der Waals surface area contributed by atoms with Gasteiger partial charge in [-0.3, -0.25) is 5.10 Å². The SMILES string of the molecule is CSc1ccc2c(Nc3ccc4[nH]ncc4c3)ncnc2c1. The molecule has 4 aromatic rings. The summed E-state index contributed by atoms with van der Waals surface area (Å²) in [6, 6.07) is 12.3. The molecule has 4 rings (SSSR count). The van der Waals surface area contributed by atoms with Crippen LogP contribution in [0.25, 0.3) is 21.8 Å². The van der Waals surface area contributed by atoms with Crippen molar-refractivity contribution in [1.29, 1.82) is 0 Å². The lowest BCUT2D eigenvalue weighted by Crippen LogP contribution is -1.96. The van der Waals surface area contributed by atoms with Crippen molar-refractivity contribution in [3.05, 3.63) is 48.9 Å². The first kappa shape index (κ1) is 13.1. The molecular weight excluding hydrogens is 294 g/mol. The number of aromatic nitrogens is 4. The molecule has 22 heavy (non-hydrogen) atoms. The highest BCUT2D eigenvalue weighted by Crippen LogP contribution is 2.27. The van der Waals surface area contributed by atoms with Gasteiger partial charge >= 0.3 is 0 Å². The van der Waals surface area contributed by atoms with Crippen LogP contribution in [0.2, 0.25) is 0 Å². The van der Waals surface area contributed by atoms with E-state index in [1.807, 2.05) is 24.4 Å². The van der Waals surface area contributed by atoms with Crippen molar-refractivity contribution in [2.45, 2.75) is 4.90 Å². The molecule has 2 heterocycles. The largest absolute Gasteiger partial charge is 0.340 e. The van der Waals surface area contributed by atoms with Gasteiger partial charge in [0.1, 0.15) is 12.1 Å². The highest BCUT2D eigenvalue weighted by molar-refractivity contribution is 7.98. The number of aromatic amines is 1. The molecule has 0 spiro atoms. The zero-order valence-corrected chi connectivity index (χ0v) is 12.7. The van der Waals surface area contributed by atoms with Crippen molar-refractivity contribution in [2.24, 2.45) is 0 Å². The van der Waals surface area contributed by atoms with Gasteiger partial charge in [-0.05, 0) is 42.7 Å². The van der Waals surface area contributed by atoms with Gasteiger partial charge in [0.15, 0.2) is 0 Å². The number of hydrogen-bond acceptors (Lipinski definition) is 5. The summed E-state index contributed by atoms with van der Waals surface area (Å²) in [4.78, 5) is 9.92. The zero-order valence-electron chi connectivity index (χ0n) is 11.9. The Bertz CT molecular complexity index is 963. The number of fused-ring (bicyclic) bond motifs is 2. The lowest BCUT2D eigenvalue weighted by molar-refractivity contribution is 1.12. The minimum Gasteiger partial charge on any atom is -0.340 e. The molecule has 0 radical (unpaired) electrons. The quantitative estimate of drug-likeness (QED) is 0.561. The highest BCUT2D eigenvalue weighted by Gasteiger charge is 2.06. The van der Waals surface area contributed by atoms with Crippen LogP contribution in [-0.4, -0.2) is 26.4 Å². The summed E-state index contributed by atoms with van der Waals surface area (Å²) in [7, 11) is 0. The van der Waals surface area contributed by atoms with E-state index in [0.717, 1.165) is 33.3 Å². The molecule has 0 aliphatic rings. The van der Waals surface area contributed by atoms with Gasteiger partial charge in [0, 0.05) is 21.4 Å². The van der Waals surface area contributed by atoms with Gasteiger partial charge in [-0.25, -0.2) is 9.97 Å². The molecule has 0 aliphatic carbocycles. The van der Waals surface area contributed by atoms with E-state index >= 15 is 0 Å². The lowest BCUT2D eigenvalue weighted by atomic mass is 10.2. The summed E-state index contributed by atoms with van der Waals surface area (Å²) in [6.07, 6.45) is 5.45. The van der Waals surface area contributed by atoms with Gasteiger partial charge in [-0.15, -0.1) is 11.8 Å². The maximum Gasteiger partial charge on any atom is 0.141 e. The summed E-state index contributed by atoms with van der Waals surface area (Å²) >= 11 is 1.70. The van der Waals surface area contributed by atoms with Crippen molar-refractivity contribution >= 4 is 45.1 Å². The molecular formula is C16H13N5S. The molecule has 108 valence electrons. The summed E-state index contributed by atoms with van der Waals surface area (Å²) in [5.41, 5.74) is 2.93. The molecule has 0 saturated heterocycles. The van der Waals surface area contributed by atoms with Crippen molar-refractivity contribution in [3.8, 4) is 0 Å². The lowest BCUT2D eigenvalue weighted by Gasteiger charge is -2.09. The van der Waals surface area contributed by atoms with Crippen LogP contribution in [-0.2, 0) is 0 Å². The molecule has 0 bridgehead atoms. The molecule has 0 aliphatic heterocycles. The predicted molar refractivity (Wildman–Crippen MR) is 90.7 cm³/mol. The van der Waals surface area contributed by atoms with Crippen molar-refractivity contribution in [1.82, 2.24) is 20.2 Å². The maximum atomic E-state index is 4.37. The topological polar surface area (TPSA) is 66.5 Å². The molecule has 0 unspecified atom stereocenters. The minimum absolute atomic E-state index is 0.806. The molecule has 0 fully saturated rings. The Morgan fingerprint density at radius 1 is 1.09 bits per heavy atom. The van der Waals surface area contributed by atoms with E-state index in [0.29, 0.717) is 0 Å². The molecule has 2 aromatic carbocycles. The molecule has 5 nitrogen and oxygen atoms in total. The van der Waals surface area contributed by atoms with Gasteiger partial charge in [0.2, 0.25) is 0 Å². The standard InChI is InChI=1S/C16H13N5S/c1-22-12-3-4-13-15(7-12)17-9-18-16(13)20-11-2-5-14-10(6-11)8-19-21-14/h2-9H,1H3,(H,19,21)(H,17,18,20). The first-order valence-electron chi connectivity index (χ1n) is 6.82. The third-order valence-electron chi connectivity index (χ3n) is 3.55. The van der Waals surface area contributed by atoms with E-state index in [9.17, 15) is 0 Å². The number of H-pyrrole nitrogens is 1. The third kappa shape index (κ3) is 2.27.